The van der Waals surface area contributed by atoms with Crippen LogP contribution in [0.5, 0.6) is 0 Å². The molecule has 0 aromatic heterocycles. The predicted octanol–water partition coefficient (Wildman–Crippen LogP) is 4.95. The molecule has 6 heteroatoms. The molecule has 3 aromatic carbocycles. The third-order valence-electron chi connectivity index (χ3n) is 6.22. The molecule has 168 valence electrons. The number of carbonyl (C=O) groups is 1. The molecule has 1 fully saturated rings. The van der Waals surface area contributed by atoms with Crippen LogP contribution in [-0.4, -0.2) is 50.1 Å². The zero-order valence-electron chi connectivity index (χ0n) is 18.0. The van der Waals surface area contributed by atoms with Crippen LogP contribution < -0.4 is 9.80 Å². The lowest BCUT2D eigenvalue weighted by atomic mass is 10.1. The quantitative estimate of drug-likeness (QED) is 0.494. The Balaban J connectivity index is 0.00000144. The normalized spacial score (nSPS) is 16.2. The van der Waals surface area contributed by atoms with E-state index in [9.17, 15) is 4.79 Å². The highest BCUT2D eigenvalue weighted by Crippen LogP contribution is 2.29. The number of amides is 1. The van der Waals surface area contributed by atoms with Crippen LogP contribution in [0.1, 0.15) is 5.56 Å². The van der Waals surface area contributed by atoms with Crippen molar-refractivity contribution in [3.8, 4) is 0 Å². The summed E-state index contributed by atoms with van der Waals surface area (Å²) >= 11 is 0. The van der Waals surface area contributed by atoms with Crippen LogP contribution in [0.15, 0.2) is 78.9 Å². The van der Waals surface area contributed by atoms with E-state index in [2.05, 4.69) is 64.4 Å². The first kappa shape index (κ1) is 24.1. The number of halogens is 2. The second kappa shape index (κ2) is 10.9. The molecule has 0 saturated carbocycles. The zero-order chi connectivity index (χ0) is 20.3. The largest absolute Gasteiger partial charge is 0.368 e. The molecule has 3 aromatic rings. The Morgan fingerprint density at radius 2 is 1.38 bits per heavy atom. The van der Waals surface area contributed by atoms with E-state index < -0.39 is 0 Å². The molecule has 0 aliphatic carbocycles. The minimum Gasteiger partial charge on any atom is -0.368 e. The van der Waals surface area contributed by atoms with Gasteiger partial charge >= 0.3 is 0 Å². The van der Waals surface area contributed by atoms with Crippen LogP contribution in [0.4, 0.5) is 11.4 Å². The lowest BCUT2D eigenvalue weighted by Gasteiger charge is -2.36. The van der Waals surface area contributed by atoms with Crippen molar-refractivity contribution >= 4 is 52.9 Å². The van der Waals surface area contributed by atoms with Crippen LogP contribution in [0, 0.1) is 0 Å². The summed E-state index contributed by atoms with van der Waals surface area (Å²) in [6.07, 6.45) is 4.87. The smallest absolute Gasteiger partial charge is 0.231 e. The van der Waals surface area contributed by atoms with E-state index in [-0.39, 0.29) is 30.7 Å². The van der Waals surface area contributed by atoms with Crippen molar-refractivity contribution in [3.05, 3.63) is 84.4 Å². The van der Waals surface area contributed by atoms with Crippen molar-refractivity contribution in [1.29, 1.82) is 0 Å². The van der Waals surface area contributed by atoms with E-state index in [1.807, 2.05) is 29.2 Å². The summed E-state index contributed by atoms with van der Waals surface area (Å²) in [5, 5.41) is 2.64. The second-order valence-electron chi connectivity index (χ2n) is 8.07. The van der Waals surface area contributed by atoms with Gasteiger partial charge in [0.15, 0.2) is 0 Å². The Kier molecular flexibility index (Phi) is 8.19. The van der Waals surface area contributed by atoms with Gasteiger partial charge in [0.2, 0.25) is 5.91 Å². The first-order chi connectivity index (χ1) is 14.8. The monoisotopic (exact) mass is 469 g/mol. The van der Waals surface area contributed by atoms with Crippen LogP contribution in [0.3, 0.4) is 0 Å². The summed E-state index contributed by atoms with van der Waals surface area (Å²) in [4.78, 5) is 19.1. The molecule has 0 bridgehead atoms. The minimum atomic E-state index is 0. The highest BCUT2D eigenvalue weighted by Gasteiger charge is 2.25. The van der Waals surface area contributed by atoms with Crippen molar-refractivity contribution in [2.45, 2.75) is 6.42 Å². The van der Waals surface area contributed by atoms with Crippen LogP contribution in [0.25, 0.3) is 10.8 Å². The molecule has 32 heavy (non-hydrogen) atoms. The molecule has 2 aliphatic heterocycles. The summed E-state index contributed by atoms with van der Waals surface area (Å²) in [7, 11) is 0. The SMILES string of the molecule is Cl.Cl.O=C1Cc2ccccc2N1C/C=C\CN1CCN(c2cccc3ccccc23)CC1. The van der Waals surface area contributed by atoms with Gasteiger partial charge in [-0.05, 0) is 23.1 Å². The van der Waals surface area contributed by atoms with Crippen LogP contribution in [0.2, 0.25) is 0 Å². The van der Waals surface area contributed by atoms with Gasteiger partial charge in [0, 0.05) is 56.0 Å². The fourth-order valence-electron chi connectivity index (χ4n) is 4.58. The van der Waals surface area contributed by atoms with Gasteiger partial charge in [0.05, 0.1) is 6.42 Å². The number of benzene rings is 3. The van der Waals surface area contributed by atoms with Gasteiger partial charge in [-0.1, -0.05) is 66.7 Å². The summed E-state index contributed by atoms with van der Waals surface area (Å²) < 4.78 is 0. The highest BCUT2D eigenvalue weighted by atomic mass is 35.5. The van der Waals surface area contributed by atoms with E-state index in [0.717, 1.165) is 44.0 Å². The molecule has 0 spiro atoms. The van der Waals surface area contributed by atoms with E-state index in [0.29, 0.717) is 13.0 Å². The van der Waals surface area contributed by atoms with E-state index >= 15 is 0 Å². The average molecular weight is 470 g/mol. The number of para-hydroxylation sites is 1. The van der Waals surface area contributed by atoms with Gasteiger partial charge in [-0.15, -0.1) is 24.8 Å². The summed E-state index contributed by atoms with van der Waals surface area (Å²) in [5.41, 5.74) is 3.55. The molecule has 0 N–H and O–H groups in total. The van der Waals surface area contributed by atoms with Gasteiger partial charge in [-0.3, -0.25) is 9.69 Å². The van der Waals surface area contributed by atoms with Gasteiger partial charge in [0.25, 0.3) is 0 Å². The molecular weight excluding hydrogens is 441 g/mol. The fourth-order valence-corrected chi connectivity index (χ4v) is 4.58. The number of rotatable bonds is 5. The van der Waals surface area contributed by atoms with Crippen molar-refractivity contribution < 1.29 is 4.79 Å². The van der Waals surface area contributed by atoms with Gasteiger partial charge in [-0.2, -0.15) is 0 Å². The van der Waals surface area contributed by atoms with E-state index in [1.54, 1.807) is 0 Å². The average Bonchev–Trinajstić information content (AvgIpc) is 3.12. The Morgan fingerprint density at radius 1 is 0.719 bits per heavy atom. The van der Waals surface area contributed by atoms with Crippen molar-refractivity contribution in [2.75, 3.05) is 49.1 Å². The molecule has 2 aliphatic rings. The number of piperazine rings is 1. The molecule has 5 rings (SSSR count). The Labute approximate surface area is 202 Å². The molecular formula is C26H29Cl2N3O. The Morgan fingerprint density at radius 3 is 2.22 bits per heavy atom. The van der Waals surface area contributed by atoms with E-state index in [4.69, 9.17) is 0 Å². The molecule has 1 saturated heterocycles. The van der Waals surface area contributed by atoms with Crippen molar-refractivity contribution in [1.82, 2.24) is 4.90 Å². The maximum Gasteiger partial charge on any atom is 0.231 e. The number of anilines is 2. The molecule has 1 amide bonds. The van der Waals surface area contributed by atoms with Crippen LogP contribution >= 0.6 is 24.8 Å². The molecule has 4 nitrogen and oxygen atoms in total. The van der Waals surface area contributed by atoms with Gasteiger partial charge in [0.1, 0.15) is 0 Å². The molecule has 0 unspecified atom stereocenters. The third kappa shape index (κ3) is 4.93. The number of fused-ring (bicyclic) bond motifs is 2. The predicted molar refractivity (Wildman–Crippen MR) is 139 cm³/mol. The van der Waals surface area contributed by atoms with Crippen molar-refractivity contribution in [2.24, 2.45) is 0 Å². The second-order valence-corrected chi connectivity index (χ2v) is 8.07. The maximum atomic E-state index is 12.3. The number of hydrogen-bond donors (Lipinski definition) is 0. The number of nitrogens with zero attached hydrogens (tertiary/aromatic N) is 3. The Hall–Kier alpha value is -2.53. The summed E-state index contributed by atoms with van der Waals surface area (Å²) in [6, 6.07) is 23.3. The Bertz CT molecular complexity index is 1090. The summed E-state index contributed by atoms with van der Waals surface area (Å²) in [6.45, 7) is 5.79. The fraction of sp³-hybridized carbons (Fsp3) is 0.269. The lowest BCUT2D eigenvalue weighted by Crippen LogP contribution is -2.46. The first-order valence-electron chi connectivity index (χ1n) is 10.8. The maximum absolute atomic E-state index is 12.3. The first-order valence-corrected chi connectivity index (χ1v) is 10.8. The standard InChI is InChI=1S/C26H27N3O.2ClH/c30-26-20-22-9-2-4-12-24(22)29(26)15-6-5-14-27-16-18-28(19-17-27)25-13-7-10-21-8-1-3-11-23(21)25;;/h1-13H,14-20H2;2*1H/b6-5-;;. The number of hydrogen-bond acceptors (Lipinski definition) is 3. The van der Waals surface area contributed by atoms with Crippen molar-refractivity contribution in [3.63, 3.8) is 0 Å². The minimum absolute atomic E-state index is 0. The lowest BCUT2D eigenvalue weighted by molar-refractivity contribution is -0.117. The van der Waals surface area contributed by atoms with Gasteiger partial charge in [-0.25, -0.2) is 0 Å². The summed E-state index contributed by atoms with van der Waals surface area (Å²) in [5.74, 6) is 0.199. The number of carbonyl (C=O) groups excluding carboxylic acids is 1. The molecule has 0 radical (unpaired) electrons. The van der Waals surface area contributed by atoms with E-state index in [1.165, 1.54) is 16.5 Å². The van der Waals surface area contributed by atoms with Gasteiger partial charge < -0.3 is 9.80 Å². The molecule has 2 heterocycles. The zero-order valence-corrected chi connectivity index (χ0v) is 19.7. The molecule has 0 atom stereocenters. The van der Waals surface area contributed by atoms with Crippen LogP contribution in [-0.2, 0) is 11.2 Å². The highest BCUT2D eigenvalue weighted by molar-refractivity contribution is 6.01. The third-order valence-corrected chi connectivity index (χ3v) is 6.22. The topological polar surface area (TPSA) is 26.8 Å².